The van der Waals surface area contributed by atoms with Gasteiger partial charge in [0.25, 0.3) is 0 Å². The summed E-state index contributed by atoms with van der Waals surface area (Å²) in [4.78, 5) is 6.76. The fourth-order valence-corrected chi connectivity index (χ4v) is 2.41. The van der Waals surface area contributed by atoms with E-state index < -0.39 is 0 Å². The maximum atomic E-state index is 12.9. The summed E-state index contributed by atoms with van der Waals surface area (Å²) in [7, 11) is 2.04. The number of aliphatic imine (C=N–C) groups is 1. The summed E-state index contributed by atoms with van der Waals surface area (Å²) in [5.41, 5.74) is 1.09. The van der Waals surface area contributed by atoms with Crippen molar-refractivity contribution in [1.29, 1.82) is 0 Å². The maximum Gasteiger partial charge on any atom is 0.191 e. The van der Waals surface area contributed by atoms with Gasteiger partial charge in [0.1, 0.15) is 11.6 Å². The molecule has 0 bridgehead atoms. The SMILES string of the molecule is CCNC(=NCCN(C)Cc1ccc(F)cc1)NCCc1ccco1. The summed E-state index contributed by atoms with van der Waals surface area (Å²) in [6, 6.07) is 10.5. The largest absolute Gasteiger partial charge is 0.469 e. The van der Waals surface area contributed by atoms with Crippen LogP contribution in [0.3, 0.4) is 0 Å². The zero-order valence-corrected chi connectivity index (χ0v) is 15.0. The van der Waals surface area contributed by atoms with Gasteiger partial charge in [-0.3, -0.25) is 4.99 Å². The third-order valence-electron chi connectivity index (χ3n) is 3.71. The quantitative estimate of drug-likeness (QED) is 0.541. The van der Waals surface area contributed by atoms with Gasteiger partial charge in [-0.25, -0.2) is 4.39 Å². The monoisotopic (exact) mass is 346 g/mol. The number of benzene rings is 1. The van der Waals surface area contributed by atoms with E-state index in [0.29, 0.717) is 6.54 Å². The van der Waals surface area contributed by atoms with Gasteiger partial charge in [-0.1, -0.05) is 12.1 Å². The molecule has 136 valence electrons. The Morgan fingerprint density at radius 3 is 2.68 bits per heavy atom. The normalized spacial score (nSPS) is 11.8. The number of likely N-dealkylation sites (N-methyl/N-ethyl adjacent to an activating group) is 1. The van der Waals surface area contributed by atoms with E-state index >= 15 is 0 Å². The van der Waals surface area contributed by atoms with Gasteiger partial charge < -0.3 is 20.0 Å². The number of hydrogen-bond acceptors (Lipinski definition) is 3. The molecule has 0 atom stereocenters. The summed E-state index contributed by atoms with van der Waals surface area (Å²) >= 11 is 0. The first-order chi connectivity index (χ1) is 12.2. The van der Waals surface area contributed by atoms with Gasteiger partial charge in [0.2, 0.25) is 0 Å². The van der Waals surface area contributed by atoms with Crippen molar-refractivity contribution in [3.8, 4) is 0 Å². The molecule has 5 nitrogen and oxygen atoms in total. The lowest BCUT2D eigenvalue weighted by atomic mass is 10.2. The maximum absolute atomic E-state index is 12.9. The molecule has 1 aromatic heterocycles. The number of furan rings is 1. The van der Waals surface area contributed by atoms with Gasteiger partial charge in [0, 0.05) is 32.6 Å². The molecular formula is C19H27FN4O. The van der Waals surface area contributed by atoms with Crippen molar-refractivity contribution in [3.05, 3.63) is 59.8 Å². The molecule has 1 heterocycles. The van der Waals surface area contributed by atoms with Crippen molar-refractivity contribution in [2.24, 2.45) is 4.99 Å². The minimum absolute atomic E-state index is 0.202. The van der Waals surface area contributed by atoms with Crippen LogP contribution in [0.4, 0.5) is 4.39 Å². The zero-order chi connectivity index (χ0) is 17.9. The van der Waals surface area contributed by atoms with Crippen molar-refractivity contribution in [2.75, 3.05) is 33.2 Å². The minimum Gasteiger partial charge on any atom is -0.469 e. The summed E-state index contributed by atoms with van der Waals surface area (Å²) in [5, 5.41) is 6.55. The van der Waals surface area contributed by atoms with E-state index in [9.17, 15) is 4.39 Å². The highest BCUT2D eigenvalue weighted by molar-refractivity contribution is 5.79. The Labute approximate surface area is 148 Å². The average molecular weight is 346 g/mol. The molecule has 0 amide bonds. The van der Waals surface area contributed by atoms with Crippen molar-refractivity contribution < 1.29 is 8.81 Å². The molecule has 0 saturated carbocycles. The Morgan fingerprint density at radius 2 is 2.00 bits per heavy atom. The second-order valence-corrected chi connectivity index (χ2v) is 5.88. The van der Waals surface area contributed by atoms with E-state index in [0.717, 1.165) is 49.9 Å². The number of halogens is 1. The van der Waals surface area contributed by atoms with E-state index in [4.69, 9.17) is 4.42 Å². The zero-order valence-electron chi connectivity index (χ0n) is 15.0. The second kappa shape index (κ2) is 10.5. The van der Waals surface area contributed by atoms with Crippen LogP contribution in [-0.2, 0) is 13.0 Å². The van der Waals surface area contributed by atoms with E-state index in [1.807, 2.05) is 38.2 Å². The van der Waals surface area contributed by atoms with Crippen LogP contribution in [0.1, 0.15) is 18.2 Å². The molecule has 2 rings (SSSR count). The molecule has 1 aromatic carbocycles. The lowest BCUT2D eigenvalue weighted by Gasteiger charge is -2.16. The number of rotatable bonds is 9. The molecule has 2 aromatic rings. The Morgan fingerprint density at radius 1 is 1.20 bits per heavy atom. The fraction of sp³-hybridized carbons (Fsp3) is 0.421. The van der Waals surface area contributed by atoms with Crippen molar-refractivity contribution >= 4 is 5.96 Å². The van der Waals surface area contributed by atoms with Crippen LogP contribution in [0.25, 0.3) is 0 Å². The Balaban J connectivity index is 1.72. The molecule has 6 heteroatoms. The fourth-order valence-electron chi connectivity index (χ4n) is 2.41. The smallest absolute Gasteiger partial charge is 0.191 e. The predicted octanol–water partition coefficient (Wildman–Crippen LogP) is 2.65. The first-order valence-electron chi connectivity index (χ1n) is 8.65. The molecule has 0 radical (unpaired) electrons. The molecule has 0 aliphatic heterocycles. The van der Waals surface area contributed by atoms with E-state index in [1.54, 1.807) is 6.26 Å². The number of nitrogens with zero attached hydrogens (tertiary/aromatic N) is 2. The molecule has 0 aliphatic carbocycles. The van der Waals surface area contributed by atoms with Crippen molar-refractivity contribution in [2.45, 2.75) is 19.9 Å². The van der Waals surface area contributed by atoms with Crippen molar-refractivity contribution in [3.63, 3.8) is 0 Å². The van der Waals surface area contributed by atoms with E-state index in [-0.39, 0.29) is 5.82 Å². The molecular weight excluding hydrogens is 319 g/mol. The molecule has 0 spiro atoms. The molecule has 0 fully saturated rings. The predicted molar refractivity (Wildman–Crippen MR) is 99.1 cm³/mol. The minimum atomic E-state index is -0.202. The molecule has 2 N–H and O–H groups in total. The lowest BCUT2D eigenvalue weighted by Crippen LogP contribution is -2.38. The standard InChI is InChI=1S/C19H27FN4O/c1-3-21-19(22-11-10-18-5-4-14-25-18)23-12-13-24(2)15-16-6-8-17(20)9-7-16/h4-9,14H,3,10-13,15H2,1-2H3,(H2,21,22,23). The van der Waals surface area contributed by atoms with Crippen LogP contribution in [0.2, 0.25) is 0 Å². The number of hydrogen-bond donors (Lipinski definition) is 2. The van der Waals surface area contributed by atoms with E-state index in [2.05, 4.69) is 20.5 Å². The molecule has 0 unspecified atom stereocenters. The van der Waals surface area contributed by atoms with Crippen LogP contribution in [-0.4, -0.2) is 44.1 Å². The van der Waals surface area contributed by atoms with Gasteiger partial charge >= 0.3 is 0 Å². The number of nitrogens with one attached hydrogen (secondary N) is 2. The van der Waals surface area contributed by atoms with Crippen LogP contribution in [0, 0.1) is 5.82 Å². The molecule has 0 saturated heterocycles. The summed E-state index contributed by atoms with van der Waals surface area (Å²) in [6.45, 7) is 5.92. The summed E-state index contributed by atoms with van der Waals surface area (Å²) < 4.78 is 18.3. The summed E-state index contributed by atoms with van der Waals surface area (Å²) in [5.74, 6) is 1.57. The van der Waals surface area contributed by atoms with Crippen molar-refractivity contribution in [1.82, 2.24) is 15.5 Å². The first-order valence-corrected chi connectivity index (χ1v) is 8.65. The third-order valence-corrected chi connectivity index (χ3v) is 3.71. The van der Waals surface area contributed by atoms with Gasteiger partial charge in [-0.2, -0.15) is 0 Å². The van der Waals surface area contributed by atoms with Crippen LogP contribution in [0.5, 0.6) is 0 Å². The van der Waals surface area contributed by atoms with E-state index in [1.165, 1.54) is 12.1 Å². The lowest BCUT2D eigenvalue weighted by molar-refractivity contribution is 0.336. The topological polar surface area (TPSA) is 52.8 Å². The van der Waals surface area contributed by atoms with Gasteiger partial charge in [-0.05, 0) is 43.8 Å². The number of guanidine groups is 1. The third kappa shape index (κ3) is 7.39. The highest BCUT2D eigenvalue weighted by Crippen LogP contribution is 2.05. The highest BCUT2D eigenvalue weighted by atomic mass is 19.1. The van der Waals surface area contributed by atoms with Crippen LogP contribution in [0.15, 0.2) is 52.1 Å². The highest BCUT2D eigenvalue weighted by Gasteiger charge is 2.02. The molecule has 25 heavy (non-hydrogen) atoms. The Bertz CT molecular complexity index is 625. The molecule has 0 aliphatic rings. The Hall–Kier alpha value is -2.34. The van der Waals surface area contributed by atoms with Gasteiger partial charge in [0.05, 0.1) is 12.8 Å². The first kappa shape index (κ1) is 19.0. The second-order valence-electron chi connectivity index (χ2n) is 5.88. The van der Waals surface area contributed by atoms with Crippen LogP contribution >= 0.6 is 0 Å². The summed E-state index contributed by atoms with van der Waals surface area (Å²) in [6.07, 6.45) is 2.51. The van der Waals surface area contributed by atoms with Crippen LogP contribution < -0.4 is 10.6 Å². The average Bonchev–Trinajstić information content (AvgIpc) is 3.10. The Kier molecular flexibility index (Phi) is 7.98. The van der Waals surface area contributed by atoms with Gasteiger partial charge in [-0.15, -0.1) is 0 Å². The van der Waals surface area contributed by atoms with Gasteiger partial charge in [0.15, 0.2) is 5.96 Å².